The van der Waals surface area contributed by atoms with Crippen molar-refractivity contribution in [1.82, 2.24) is 4.90 Å². The van der Waals surface area contributed by atoms with Crippen molar-refractivity contribution in [3.8, 4) is 0 Å². The van der Waals surface area contributed by atoms with E-state index in [1.54, 1.807) is 24.3 Å². The van der Waals surface area contributed by atoms with Gasteiger partial charge in [-0.1, -0.05) is 139 Å². The maximum Gasteiger partial charge on any atom is 0.303 e. The first kappa shape index (κ1) is 48.7. The molecule has 4 aliphatic heterocycles. The Morgan fingerprint density at radius 2 is 1.24 bits per heavy atom. The van der Waals surface area contributed by atoms with Gasteiger partial charge in [0.25, 0.3) is 11.8 Å². The lowest BCUT2D eigenvalue weighted by atomic mass is 9.93. The van der Waals surface area contributed by atoms with Crippen LogP contribution in [0.15, 0.2) is 151 Å². The quantitative estimate of drug-likeness (QED) is 0.0185. The van der Waals surface area contributed by atoms with Gasteiger partial charge in [0, 0.05) is 30.6 Å². The number of azide groups is 1. The molecule has 2 amide bonds. The van der Waals surface area contributed by atoms with Crippen molar-refractivity contribution < 1.29 is 61.8 Å². The fourth-order valence-corrected chi connectivity index (χ4v) is 9.14. The number of rotatable bonds is 20. The molecule has 364 valence electrons. The van der Waals surface area contributed by atoms with Gasteiger partial charge in [0.15, 0.2) is 25.0 Å². The molecule has 70 heavy (non-hydrogen) atoms. The Morgan fingerprint density at radius 3 is 1.84 bits per heavy atom. The predicted molar refractivity (Wildman–Crippen MR) is 249 cm³/mol. The van der Waals surface area contributed by atoms with Gasteiger partial charge in [0.2, 0.25) is 0 Å². The Kier molecular flexibility index (Phi) is 16.3. The molecular formula is C53H54N4O13. The van der Waals surface area contributed by atoms with Crippen LogP contribution in [0.3, 0.4) is 0 Å². The number of hydrogen-bond acceptors (Lipinski definition) is 14. The van der Waals surface area contributed by atoms with Gasteiger partial charge in [0.05, 0.1) is 44.2 Å². The zero-order valence-corrected chi connectivity index (χ0v) is 38.5. The second-order valence-electron chi connectivity index (χ2n) is 17.2. The molecule has 17 heteroatoms. The lowest BCUT2D eigenvalue weighted by molar-refractivity contribution is -0.382. The van der Waals surface area contributed by atoms with Crippen LogP contribution in [0.25, 0.3) is 10.4 Å². The summed E-state index contributed by atoms with van der Waals surface area (Å²) in [5, 5.41) is 3.68. The molecule has 4 heterocycles. The summed E-state index contributed by atoms with van der Waals surface area (Å²) in [4.78, 5) is 46.5. The SMILES string of the molecule is CC(=O)O[C@H]1[C@@H]2OC(c3ccccc3)OC[C@H]2O[C@@H](O[C@H]2[C@@H](OCc3ccccc3)[C@@H](COCc3ccccc3)O[C@@H](OCCCN=[N+]=[N-])[C@@H]2OCc2ccccc2)[C@@H]1N1C(=O)c2ccccc2C1=O. The van der Waals surface area contributed by atoms with E-state index in [9.17, 15) is 14.4 Å². The number of imide groups is 1. The zero-order chi connectivity index (χ0) is 48.2. The van der Waals surface area contributed by atoms with Gasteiger partial charge < -0.3 is 47.4 Å². The van der Waals surface area contributed by atoms with Crippen molar-refractivity contribution >= 4 is 17.8 Å². The number of amides is 2. The van der Waals surface area contributed by atoms with Crippen LogP contribution in [0.4, 0.5) is 0 Å². The second kappa shape index (κ2) is 23.5. The third-order valence-corrected chi connectivity index (χ3v) is 12.4. The van der Waals surface area contributed by atoms with Crippen molar-refractivity contribution in [1.29, 1.82) is 0 Å². The molecule has 11 atom stereocenters. The maximum absolute atomic E-state index is 14.7. The van der Waals surface area contributed by atoms with Gasteiger partial charge in [-0.05, 0) is 40.8 Å². The molecule has 0 N–H and O–H groups in total. The minimum absolute atomic E-state index is 0.00507. The lowest BCUT2D eigenvalue weighted by Gasteiger charge is -2.52. The summed E-state index contributed by atoms with van der Waals surface area (Å²) in [6.45, 7) is 1.88. The Labute approximate surface area is 405 Å². The third-order valence-electron chi connectivity index (χ3n) is 12.4. The van der Waals surface area contributed by atoms with E-state index >= 15 is 0 Å². The molecule has 0 radical (unpaired) electrons. The minimum Gasteiger partial charge on any atom is -0.457 e. The van der Waals surface area contributed by atoms with Crippen LogP contribution in [0.1, 0.15) is 62.6 Å². The Hall–Kier alpha value is -6.34. The van der Waals surface area contributed by atoms with Gasteiger partial charge in [0.1, 0.15) is 42.7 Å². The summed E-state index contributed by atoms with van der Waals surface area (Å²) in [6.07, 6.45) is -10.7. The molecule has 0 spiro atoms. The highest BCUT2D eigenvalue weighted by Gasteiger charge is 2.60. The van der Waals surface area contributed by atoms with Crippen LogP contribution >= 0.6 is 0 Å². The highest BCUT2D eigenvalue weighted by atomic mass is 16.8. The van der Waals surface area contributed by atoms with E-state index in [0.717, 1.165) is 21.6 Å². The van der Waals surface area contributed by atoms with Crippen LogP contribution < -0.4 is 0 Å². The van der Waals surface area contributed by atoms with Crippen molar-refractivity contribution in [3.63, 3.8) is 0 Å². The van der Waals surface area contributed by atoms with Gasteiger partial charge in [-0.15, -0.1) is 0 Å². The molecule has 9 rings (SSSR count). The molecule has 4 aliphatic rings. The number of esters is 1. The van der Waals surface area contributed by atoms with Crippen LogP contribution in [-0.2, 0) is 72.0 Å². The number of carbonyl (C=O) groups is 3. The summed E-state index contributed by atoms with van der Waals surface area (Å²) < 4.78 is 66.6. The molecule has 3 fully saturated rings. The largest absolute Gasteiger partial charge is 0.457 e. The average Bonchev–Trinajstić information content (AvgIpc) is 3.64. The number of nitrogens with zero attached hydrogens (tertiary/aromatic N) is 4. The van der Waals surface area contributed by atoms with Crippen molar-refractivity contribution in [2.24, 2.45) is 5.11 Å². The summed E-state index contributed by atoms with van der Waals surface area (Å²) in [7, 11) is 0. The van der Waals surface area contributed by atoms with Gasteiger partial charge >= 0.3 is 5.97 Å². The Morgan fingerprint density at radius 1 is 0.671 bits per heavy atom. The van der Waals surface area contributed by atoms with E-state index < -0.39 is 85.4 Å². The van der Waals surface area contributed by atoms with Crippen LogP contribution in [0, 0.1) is 0 Å². The summed E-state index contributed by atoms with van der Waals surface area (Å²) in [5.74, 6) is -1.97. The molecule has 1 unspecified atom stereocenters. The lowest BCUT2D eigenvalue weighted by Crippen LogP contribution is -2.70. The van der Waals surface area contributed by atoms with E-state index in [-0.39, 0.29) is 57.3 Å². The molecular weight excluding hydrogens is 901 g/mol. The zero-order valence-electron chi connectivity index (χ0n) is 38.5. The van der Waals surface area contributed by atoms with Gasteiger partial charge in [-0.3, -0.25) is 19.3 Å². The molecule has 0 aliphatic carbocycles. The molecule has 3 saturated heterocycles. The number of hydrogen-bond donors (Lipinski definition) is 0. The van der Waals surface area contributed by atoms with E-state index in [1.807, 2.05) is 121 Å². The molecule has 0 saturated carbocycles. The third kappa shape index (κ3) is 11.5. The molecule has 0 bridgehead atoms. The number of carbonyl (C=O) groups excluding carboxylic acids is 3. The molecule has 0 aromatic heterocycles. The average molecular weight is 955 g/mol. The molecule has 5 aromatic rings. The first-order valence-corrected chi connectivity index (χ1v) is 23.3. The fourth-order valence-electron chi connectivity index (χ4n) is 9.14. The molecule has 17 nitrogen and oxygen atoms in total. The van der Waals surface area contributed by atoms with E-state index in [0.29, 0.717) is 12.0 Å². The van der Waals surface area contributed by atoms with E-state index in [4.69, 9.17) is 52.9 Å². The Balaban J connectivity index is 1.13. The highest BCUT2D eigenvalue weighted by Crippen LogP contribution is 2.42. The number of fused-ring (bicyclic) bond motifs is 2. The van der Waals surface area contributed by atoms with Crippen molar-refractivity contribution in [2.45, 2.75) is 101 Å². The van der Waals surface area contributed by atoms with Crippen LogP contribution in [0.2, 0.25) is 0 Å². The monoisotopic (exact) mass is 954 g/mol. The first-order chi connectivity index (χ1) is 34.4. The minimum atomic E-state index is -1.53. The Bertz CT molecular complexity index is 2520. The molecule has 5 aromatic carbocycles. The topological polar surface area (TPSA) is 196 Å². The summed E-state index contributed by atoms with van der Waals surface area (Å²) in [5.41, 5.74) is 12.6. The predicted octanol–water partition coefficient (Wildman–Crippen LogP) is 7.64. The van der Waals surface area contributed by atoms with Gasteiger partial charge in [-0.2, -0.15) is 0 Å². The van der Waals surface area contributed by atoms with E-state index in [1.165, 1.54) is 6.92 Å². The van der Waals surface area contributed by atoms with Crippen LogP contribution in [-0.4, -0.2) is 110 Å². The van der Waals surface area contributed by atoms with Crippen molar-refractivity contribution in [2.75, 3.05) is 26.4 Å². The maximum atomic E-state index is 14.7. The van der Waals surface area contributed by atoms with Crippen LogP contribution in [0.5, 0.6) is 0 Å². The first-order valence-electron chi connectivity index (χ1n) is 23.3. The smallest absolute Gasteiger partial charge is 0.303 e. The number of ether oxygens (including phenoxy) is 10. The standard InChI is InChI=1S/C53H54N4O13/c1-34(58)66-46-43(57-49(59)39-25-14-15-26-40(39)50(57)60)52(67-42-33-65-51(69-45(42)46)38-23-12-5-13-24-38)70-47-44(63-30-36-19-8-3-9-20-36)41(32-61-29-35-17-6-2-7-18-35)68-53(62-28-16-27-55-56-54)48(47)64-31-37-21-10-4-11-22-37/h2-15,17-26,41-48,51-53H,16,27-33H2,1H3/t41-,42-,43-,44+,45-,46-,47+,48-,51?,52+,53-/m1/s1. The highest BCUT2D eigenvalue weighted by molar-refractivity contribution is 6.21. The fraction of sp³-hybridized carbons (Fsp3) is 0.377. The van der Waals surface area contributed by atoms with Crippen molar-refractivity contribution in [3.05, 3.63) is 189 Å². The van der Waals surface area contributed by atoms with Gasteiger partial charge in [-0.25, -0.2) is 0 Å². The van der Waals surface area contributed by atoms with E-state index in [2.05, 4.69) is 10.0 Å². The summed E-state index contributed by atoms with van der Waals surface area (Å²) >= 11 is 0. The summed E-state index contributed by atoms with van der Waals surface area (Å²) in [6, 6.07) is 43.0. The second-order valence-corrected chi connectivity index (χ2v) is 17.2. The number of benzene rings is 5. The normalized spacial score (nSPS) is 27.3.